The zero-order chi connectivity index (χ0) is 9.97. The second-order valence-electron chi connectivity index (χ2n) is 2.84. The third kappa shape index (κ3) is 1.58. The van der Waals surface area contributed by atoms with Crippen molar-refractivity contribution in [1.29, 1.82) is 0 Å². The summed E-state index contributed by atoms with van der Waals surface area (Å²) in [6.45, 7) is 2.08. The van der Waals surface area contributed by atoms with Gasteiger partial charge in [0.1, 0.15) is 0 Å². The lowest BCUT2D eigenvalue weighted by atomic mass is 10.1. The van der Waals surface area contributed by atoms with Crippen LogP contribution >= 0.6 is 11.5 Å². The predicted molar refractivity (Wildman–Crippen MR) is 56.9 cm³/mol. The van der Waals surface area contributed by atoms with Crippen LogP contribution in [0, 0.1) is 0 Å². The SMILES string of the molecule is CCc1cnccc1-c1nsc(N)n1. The molecule has 0 aliphatic heterocycles. The fourth-order valence-electron chi connectivity index (χ4n) is 1.27. The van der Waals surface area contributed by atoms with Crippen LogP contribution in [-0.2, 0) is 6.42 Å². The lowest BCUT2D eigenvalue weighted by Crippen LogP contribution is -1.91. The van der Waals surface area contributed by atoms with Gasteiger partial charge >= 0.3 is 0 Å². The molecule has 4 nitrogen and oxygen atoms in total. The lowest BCUT2D eigenvalue weighted by Gasteiger charge is -2.01. The summed E-state index contributed by atoms with van der Waals surface area (Å²) in [6.07, 6.45) is 4.50. The van der Waals surface area contributed by atoms with Crippen LogP contribution in [0.4, 0.5) is 5.13 Å². The van der Waals surface area contributed by atoms with E-state index in [1.807, 2.05) is 12.3 Å². The van der Waals surface area contributed by atoms with Gasteiger partial charge in [-0.15, -0.1) is 0 Å². The Hall–Kier alpha value is -1.49. The zero-order valence-corrected chi connectivity index (χ0v) is 8.58. The van der Waals surface area contributed by atoms with Gasteiger partial charge in [0.15, 0.2) is 11.0 Å². The van der Waals surface area contributed by atoms with Crippen LogP contribution in [0.5, 0.6) is 0 Å². The summed E-state index contributed by atoms with van der Waals surface area (Å²) >= 11 is 1.21. The van der Waals surface area contributed by atoms with Crippen molar-refractivity contribution in [3.05, 3.63) is 24.0 Å². The Morgan fingerprint density at radius 1 is 1.50 bits per heavy atom. The summed E-state index contributed by atoms with van der Waals surface area (Å²) in [5, 5.41) is 0.499. The van der Waals surface area contributed by atoms with Crippen LogP contribution in [0.25, 0.3) is 11.4 Å². The molecular formula is C9H10N4S. The van der Waals surface area contributed by atoms with Crippen molar-refractivity contribution in [2.75, 3.05) is 5.73 Å². The predicted octanol–water partition coefficient (Wildman–Crippen LogP) is 1.74. The van der Waals surface area contributed by atoms with Crippen LogP contribution < -0.4 is 5.73 Å². The first-order chi connectivity index (χ1) is 6.81. The maximum absolute atomic E-state index is 5.54. The van der Waals surface area contributed by atoms with Gasteiger partial charge in [0.2, 0.25) is 0 Å². The van der Waals surface area contributed by atoms with E-state index in [9.17, 15) is 0 Å². The molecule has 2 aromatic heterocycles. The molecule has 2 N–H and O–H groups in total. The Morgan fingerprint density at radius 2 is 2.36 bits per heavy atom. The molecule has 0 saturated carbocycles. The largest absolute Gasteiger partial charge is 0.374 e. The molecule has 0 fully saturated rings. The Labute approximate surface area is 86.0 Å². The molecule has 0 aromatic carbocycles. The van der Waals surface area contributed by atoms with Crippen molar-refractivity contribution in [1.82, 2.24) is 14.3 Å². The molecule has 5 heteroatoms. The molecule has 2 rings (SSSR count). The average Bonchev–Trinajstić information content (AvgIpc) is 2.65. The van der Waals surface area contributed by atoms with E-state index in [4.69, 9.17) is 5.73 Å². The lowest BCUT2D eigenvalue weighted by molar-refractivity contribution is 1.10. The summed E-state index contributed by atoms with van der Waals surface area (Å²) in [5.74, 6) is 0.701. The Morgan fingerprint density at radius 3 is 3.00 bits per heavy atom. The number of nitrogen functional groups attached to an aromatic ring is 1. The quantitative estimate of drug-likeness (QED) is 0.813. The van der Waals surface area contributed by atoms with E-state index >= 15 is 0 Å². The smallest absolute Gasteiger partial charge is 0.200 e. The summed E-state index contributed by atoms with van der Waals surface area (Å²) in [5.41, 5.74) is 7.70. The number of nitrogens with zero attached hydrogens (tertiary/aromatic N) is 3. The van der Waals surface area contributed by atoms with Gasteiger partial charge in [0, 0.05) is 29.5 Å². The van der Waals surface area contributed by atoms with Crippen molar-refractivity contribution >= 4 is 16.7 Å². The third-order valence-electron chi connectivity index (χ3n) is 1.97. The molecule has 0 atom stereocenters. The van der Waals surface area contributed by atoms with Gasteiger partial charge in [-0.05, 0) is 18.1 Å². The van der Waals surface area contributed by atoms with Crippen molar-refractivity contribution < 1.29 is 0 Å². The standard InChI is InChI=1S/C9H10N4S/c1-2-6-5-11-4-3-7(6)8-12-9(10)14-13-8/h3-5H,2H2,1H3,(H2,10,12,13). The van der Waals surface area contributed by atoms with Gasteiger partial charge in [-0.2, -0.15) is 9.36 Å². The van der Waals surface area contributed by atoms with E-state index in [0.29, 0.717) is 11.0 Å². The van der Waals surface area contributed by atoms with Crippen LogP contribution in [0.15, 0.2) is 18.5 Å². The highest BCUT2D eigenvalue weighted by atomic mass is 32.1. The third-order valence-corrected chi connectivity index (χ3v) is 2.51. The highest BCUT2D eigenvalue weighted by Crippen LogP contribution is 2.22. The number of nitrogens with two attached hydrogens (primary N) is 1. The number of pyridine rings is 1. The molecule has 0 radical (unpaired) electrons. The molecule has 0 amide bonds. The first-order valence-electron chi connectivity index (χ1n) is 4.33. The number of hydrogen-bond acceptors (Lipinski definition) is 5. The van der Waals surface area contributed by atoms with E-state index in [-0.39, 0.29) is 0 Å². The molecule has 72 valence electrons. The number of aromatic nitrogens is 3. The maximum atomic E-state index is 5.54. The summed E-state index contributed by atoms with van der Waals surface area (Å²) in [6, 6.07) is 1.92. The normalized spacial score (nSPS) is 10.4. The number of rotatable bonds is 2. The van der Waals surface area contributed by atoms with Crippen LogP contribution in [0.2, 0.25) is 0 Å². The van der Waals surface area contributed by atoms with Gasteiger partial charge in [0.05, 0.1) is 0 Å². The van der Waals surface area contributed by atoms with E-state index < -0.39 is 0 Å². The summed E-state index contributed by atoms with van der Waals surface area (Å²) in [4.78, 5) is 8.21. The molecule has 14 heavy (non-hydrogen) atoms. The number of aryl methyl sites for hydroxylation is 1. The monoisotopic (exact) mass is 206 g/mol. The number of hydrogen-bond donors (Lipinski definition) is 1. The van der Waals surface area contributed by atoms with E-state index in [1.165, 1.54) is 11.5 Å². The Balaban J connectivity index is 2.50. The second kappa shape index (κ2) is 3.71. The molecule has 2 aromatic rings. The Kier molecular flexibility index (Phi) is 2.41. The second-order valence-corrected chi connectivity index (χ2v) is 3.63. The minimum Gasteiger partial charge on any atom is -0.374 e. The van der Waals surface area contributed by atoms with Gasteiger partial charge in [-0.3, -0.25) is 4.98 Å². The molecule has 2 heterocycles. The molecule has 0 bridgehead atoms. The molecule has 0 saturated heterocycles. The molecule has 0 spiro atoms. The highest BCUT2D eigenvalue weighted by Gasteiger charge is 2.08. The molecule has 0 aliphatic rings. The van der Waals surface area contributed by atoms with Gasteiger partial charge in [0.25, 0.3) is 0 Å². The van der Waals surface area contributed by atoms with Crippen molar-refractivity contribution in [2.24, 2.45) is 0 Å². The molecule has 0 unspecified atom stereocenters. The summed E-state index contributed by atoms with van der Waals surface area (Å²) in [7, 11) is 0. The minimum atomic E-state index is 0.499. The fourth-order valence-corrected chi connectivity index (χ4v) is 1.72. The van der Waals surface area contributed by atoms with E-state index in [1.54, 1.807) is 6.20 Å². The molecular weight excluding hydrogens is 196 g/mol. The van der Waals surface area contributed by atoms with Crippen LogP contribution in [0.3, 0.4) is 0 Å². The summed E-state index contributed by atoms with van der Waals surface area (Å²) < 4.78 is 4.17. The van der Waals surface area contributed by atoms with Crippen molar-refractivity contribution in [3.63, 3.8) is 0 Å². The van der Waals surface area contributed by atoms with Crippen LogP contribution in [0.1, 0.15) is 12.5 Å². The Bertz CT molecular complexity index is 438. The van der Waals surface area contributed by atoms with Gasteiger partial charge < -0.3 is 5.73 Å². The van der Waals surface area contributed by atoms with E-state index in [2.05, 4.69) is 21.3 Å². The first-order valence-corrected chi connectivity index (χ1v) is 5.11. The average molecular weight is 206 g/mol. The zero-order valence-electron chi connectivity index (χ0n) is 7.77. The molecule has 0 aliphatic carbocycles. The fraction of sp³-hybridized carbons (Fsp3) is 0.222. The topological polar surface area (TPSA) is 64.7 Å². The minimum absolute atomic E-state index is 0.499. The van der Waals surface area contributed by atoms with Crippen LogP contribution in [-0.4, -0.2) is 14.3 Å². The number of anilines is 1. The van der Waals surface area contributed by atoms with Gasteiger partial charge in [-0.1, -0.05) is 6.92 Å². The van der Waals surface area contributed by atoms with E-state index in [0.717, 1.165) is 17.5 Å². The maximum Gasteiger partial charge on any atom is 0.200 e. The van der Waals surface area contributed by atoms with Gasteiger partial charge in [-0.25, -0.2) is 0 Å². The van der Waals surface area contributed by atoms with Crippen molar-refractivity contribution in [3.8, 4) is 11.4 Å². The first kappa shape index (κ1) is 9.08. The highest BCUT2D eigenvalue weighted by molar-refractivity contribution is 7.09. The van der Waals surface area contributed by atoms with Crippen molar-refractivity contribution in [2.45, 2.75) is 13.3 Å².